The molecule has 2 aromatic heterocycles. The number of para-hydroxylation sites is 1. The first-order chi connectivity index (χ1) is 10.1. The van der Waals surface area contributed by atoms with E-state index >= 15 is 0 Å². The van der Waals surface area contributed by atoms with Crippen molar-refractivity contribution < 1.29 is 9.88 Å². The van der Waals surface area contributed by atoms with Crippen molar-refractivity contribution in [2.75, 3.05) is 26.4 Å². The number of anilines is 1. The topological polar surface area (TPSA) is 73.3 Å². The van der Waals surface area contributed by atoms with Crippen LogP contribution in [-0.2, 0) is 6.54 Å². The van der Waals surface area contributed by atoms with E-state index < -0.39 is 0 Å². The fourth-order valence-electron chi connectivity index (χ4n) is 2.78. The lowest BCUT2D eigenvalue weighted by molar-refractivity contribution is -0.858. The normalized spacial score (nSPS) is 11.3. The number of hydrogen-bond donors (Lipinski definition) is 2. The van der Waals surface area contributed by atoms with Crippen LogP contribution < -0.4 is 15.6 Å². The highest BCUT2D eigenvalue weighted by Gasteiger charge is 2.19. The molecule has 0 aliphatic rings. The molecule has 0 atom stereocenters. The Morgan fingerprint density at radius 2 is 2.05 bits per heavy atom. The smallest absolute Gasteiger partial charge is 0.290 e. The van der Waals surface area contributed by atoms with E-state index in [2.05, 4.69) is 41.8 Å². The minimum Gasteiger partial charge on any atom is -0.338 e. The molecule has 0 saturated carbocycles. The van der Waals surface area contributed by atoms with Gasteiger partial charge >= 0.3 is 0 Å². The first-order valence-electron chi connectivity index (χ1n) is 7.03. The minimum absolute atomic E-state index is 0.422. The maximum atomic E-state index is 9.47. The van der Waals surface area contributed by atoms with Gasteiger partial charge in [0.05, 0.1) is 38.9 Å². The molecular formula is C16H19N5+2. The number of nitrogens with two attached hydrogens (primary N) is 1. The summed E-state index contributed by atoms with van der Waals surface area (Å²) in [6.07, 6.45) is 1.90. The highest BCUT2D eigenvalue weighted by Crippen LogP contribution is 2.30. The lowest BCUT2D eigenvalue weighted by atomic mass is 10.1. The van der Waals surface area contributed by atoms with Crippen LogP contribution in [0, 0.1) is 11.3 Å². The van der Waals surface area contributed by atoms with Gasteiger partial charge in [-0.25, -0.2) is 4.98 Å². The molecule has 106 valence electrons. The molecule has 3 rings (SSSR count). The lowest BCUT2D eigenvalue weighted by Crippen LogP contribution is -3.06. The van der Waals surface area contributed by atoms with Crippen LogP contribution in [-0.4, -0.2) is 25.2 Å². The van der Waals surface area contributed by atoms with E-state index in [1.54, 1.807) is 0 Å². The number of aromatic amines is 1. The standard InChI is InChI=1S/C16H17N5/c1-20(2)7-8-21-14-6-4-3-5-11(14)13-10-19-16(18)12(9-17)15(13)21/h3-6,10H,7-8H2,1-2H3,(H2,18,19)/p+2. The van der Waals surface area contributed by atoms with Crippen molar-refractivity contribution in [1.82, 2.24) is 4.57 Å². The van der Waals surface area contributed by atoms with Crippen LogP contribution in [0.2, 0.25) is 0 Å². The quantitative estimate of drug-likeness (QED) is 0.720. The molecule has 0 aliphatic carbocycles. The van der Waals surface area contributed by atoms with E-state index in [4.69, 9.17) is 5.73 Å². The fraction of sp³-hybridized carbons (Fsp3) is 0.250. The highest BCUT2D eigenvalue weighted by atomic mass is 15.1. The van der Waals surface area contributed by atoms with Gasteiger partial charge in [0.2, 0.25) is 0 Å². The van der Waals surface area contributed by atoms with Crippen LogP contribution in [0.3, 0.4) is 0 Å². The Balaban J connectivity index is 2.39. The van der Waals surface area contributed by atoms with Crippen LogP contribution in [0.4, 0.5) is 5.82 Å². The second-order valence-electron chi connectivity index (χ2n) is 5.58. The summed E-state index contributed by atoms with van der Waals surface area (Å²) in [5.74, 6) is 0.422. The Kier molecular flexibility index (Phi) is 3.24. The summed E-state index contributed by atoms with van der Waals surface area (Å²) in [6, 6.07) is 10.5. The van der Waals surface area contributed by atoms with Crippen molar-refractivity contribution in [2.24, 2.45) is 0 Å². The zero-order valence-electron chi connectivity index (χ0n) is 12.3. The van der Waals surface area contributed by atoms with Crippen LogP contribution in [0.25, 0.3) is 21.8 Å². The number of H-pyrrole nitrogens is 1. The SMILES string of the molecule is C[NH+](C)CCn1c2ccccc2c2c[nH+]c(N)c(C#N)c21. The molecule has 0 amide bonds. The van der Waals surface area contributed by atoms with Gasteiger partial charge in [-0.15, -0.1) is 0 Å². The van der Waals surface area contributed by atoms with Crippen LogP contribution >= 0.6 is 0 Å². The summed E-state index contributed by atoms with van der Waals surface area (Å²) >= 11 is 0. The average molecular weight is 281 g/mol. The molecule has 2 heterocycles. The van der Waals surface area contributed by atoms with Gasteiger partial charge in [0, 0.05) is 16.3 Å². The third kappa shape index (κ3) is 2.10. The lowest BCUT2D eigenvalue weighted by Gasteiger charge is -2.10. The second kappa shape index (κ2) is 5.08. The molecule has 5 nitrogen and oxygen atoms in total. The number of hydrogen-bond acceptors (Lipinski definition) is 2. The number of nitrogens with zero attached hydrogens (tertiary/aromatic N) is 2. The molecular weight excluding hydrogens is 262 g/mol. The van der Waals surface area contributed by atoms with Gasteiger partial charge in [-0.05, 0) is 6.07 Å². The van der Waals surface area contributed by atoms with Crippen molar-refractivity contribution >= 4 is 27.6 Å². The van der Waals surface area contributed by atoms with Crippen LogP contribution in [0.15, 0.2) is 30.5 Å². The zero-order valence-corrected chi connectivity index (χ0v) is 12.3. The van der Waals surface area contributed by atoms with E-state index in [0.29, 0.717) is 11.4 Å². The molecule has 3 aromatic rings. The van der Waals surface area contributed by atoms with Crippen molar-refractivity contribution in [3.05, 3.63) is 36.0 Å². The summed E-state index contributed by atoms with van der Waals surface area (Å²) < 4.78 is 2.21. The predicted octanol–water partition coefficient (Wildman–Crippen LogP) is 0.207. The van der Waals surface area contributed by atoms with E-state index in [1.807, 2.05) is 18.3 Å². The summed E-state index contributed by atoms with van der Waals surface area (Å²) in [7, 11) is 4.25. The van der Waals surface area contributed by atoms with Gasteiger partial charge < -0.3 is 9.47 Å². The summed E-state index contributed by atoms with van der Waals surface area (Å²) in [4.78, 5) is 4.37. The minimum atomic E-state index is 0.422. The van der Waals surface area contributed by atoms with Gasteiger partial charge in [0.25, 0.3) is 5.82 Å². The van der Waals surface area contributed by atoms with Gasteiger partial charge in [-0.2, -0.15) is 5.26 Å². The van der Waals surface area contributed by atoms with E-state index in [1.165, 1.54) is 4.90 Å². The maximum absolute atomic E-state index is 9.47. The molecule has 0 fully saturated rings. The molecule has 0 spiro atoms. The number of likely N-dealkylation sites (N-methyl/N-ethyl adjacent to an activating group) is 1. The van der Waals surface area contributed by atoms with Crippen LogP contribution in [0.1, 0.15) is 5.56 Å². The summed E-state index contributed by atoms with van der Waals surface area (Å²) in [5.41, 5.74) is 8.54. The maximum Gasteiger partial charge on any atom is 0.290 e. The van der Waals surface area contributed by atoms with E-state index in [-0.39, 0.29) is 0 Å². The first-order valence-corrected chi connectivity index (χ1v) is 7.03. The number of rotatable bonds is 3. The molecule has 0 unspecified atom stereocenters. The second-order valence-corrected chi connectivity index (χ2v) is 5.58. The first kappa shape index (κ1) is 13.4. The molecule has 5 heteroatoms. The number of nitriles is 1. The summed E-state index contributed by atoms with van der Waals surface area (Å²) in [6.45, 7) is 1.83. The highest BCUT2D eigenvalue weighted by molar-refractivity contribution is 6.09. The number of nitrogen functional groups attached to an aromatic ring is 1. The molecule has 0 saturated heterocycles. The van der Waals surface area contributed by atoms with Gasteiger partial charge in [0.15, 0.2) is 5.56 Å². The molecule has 0 radical (unpaired) electrons. The zero-order chi connectivity index (χ0) is 15.0. The van der Waals surface area contributed by atoms with Gasteiger partial charge in [-0.1, -0.05) is 18.2 Å². The molecule has 21 heavy (non-hydrogen) atoms. The predicted molar refractivity (Wildman–Crippen MR) is 82.8 cm³/mol. The van der Waals surface area contributed by atoms with Crippen molar-refractivity contribution in [3.8, 4) is 6.07 Å². The monoisotopic (exact) mass is 281 g/mol. The Bertz CT molecular complexity index is 854. The summed E-state index contributed by atoms with van der Waals surface area (Å²) in [5, 5.41) is 11.7. The van der Waals surface area contributed by atoms with Gasteiger partial charge in [0.1, 0.15) is 6.07 Å². The fourth-order valence-corrected chi connectivity index (χ4v) is 2.78. The van der Waals surface area contributed by atoms with E-state index in [0.717, 1.165) is 34.9 Å². The number of pyridine rings is 1. The Morgan fingerprint density at radius 3 is 2.76 bits per heavy atom. The number of nitrogens with one attached hydrogen (secondary N) is 2. The molecule has 0 aliphatic heterocycles. The van der Waals surface area contributed by atoms with E-state index in [9.17, 15) is 5.26 Å². The third-order valence-corrected chi connectivity index (χ3v) is 3.84. The van der Waals surface area contributed by atoms with Crippen molar-refractivity contribution in [2.45, 2.75) is 6.54 Å². The molecule has 4 N–H and O–H groups in total. The Morgan fingerprint density at radius 1 is 1.29 bits per heavy atom. The average Bonchev–Trinajstić information content (AvgIpc) is 2.79. The number of quaternary nitrogens is 1. The van der Waals surface area contributed by atoms with Crippen LogP contribution in [0.5, 0.6) is 0 Å². The number of aromatic nitrogens is 2. The molecule has 0 bridgehead atoms. The van der Waals surface area contributed by atoms with Crippen molar-refractivity contribution in [1.29, 1.82) is 5.26 Å². The Labute approximate surface area is 123 Å². The largest absolute Gasteiger partial charge is 0.338 e. The van der Waals surface area contributed by atoms with Crippen molar-refractivity contribution in [3.63, 3.8) is 0 Å². The number of fused-ring (bicyclic) bond motifs is 3. The third-order valence-electron chi connectivity index (χ3n) is 3.84. The molecule has 1 aromatic carbocycles. The Hall–Kier alpha value is -2.58. The van der Waals surface area contributed by atoms with Gasteiger partial charge in [-0.3, -0.25) is 5.73 Å². The number of benzene rings is 1.